The summed E-state index contributed by atoms with van der Waals surface area (Å²) in [6, 6.07) is 16.7. The smallest absolute Gasteiger partial charge is 0.0474 e. The summed E-state index contributed by atoms with van der Waals surface area (Å²) >= 11 is 12.5. The molecular formula is C17H19Br2Cl. The first-order chi connectivity index (χ1) is 9.71. The summed E-state index contributed by atoms with van der Waals surface area (Å²) in [5.74, 6) is 0.586. The third kappa shape index (κ3) is 6.43. The third-order valence-corrected chi connectivity index (χ3v) is 4.32. The van der Waals surface area contributed by atoms with E-state index >= 15 is 0 Å². The van der Waals surface area contributed by atoms with E-state index in [-0.39, 0.29) is 0 Å². The lowest BCUT2D eigenvalue weighted by atomic mass is 10.1. The van der Waals surface area contributed by atoms with E-state index in [1.54, 1.807) is 0 Å². The lowest BCUT2D eigenvalue weighted by Crippen LogP contribution is -1.84. The molecule has 0 aliphatic rings. The zero-order valence-corrected chi connectivity index (χ0v) is 15.5. The van der Waals surface area contributed by atoms with E-state index in [0.29, 0.717) is 5.88 Å². The van der Waals surface area contributed by atoms with Crippen LogP contribution in [0.5, 0.6) is 0 Å². The highest BCUT2D eigenvalue weighted by molar-refractivity contribution is 9.10. The van der Waals surface area contributed by atoms with Crippen LogP contribution in [0, 0.1) is 0 Å². The number of rotatable bonds is 4. The molecule has 2 rings (SSSR count). The summed E-state index contributed by atoms with van der Waals surface area (Å²) in [5.41, 5.74) is 3.89. The number of hydrogen-bond acceptors (Lipinski definition) is 0. The molecule has 0 atom stereocenters. The third-order valence-electron chi connectivity index (χ3n) is 2.88. The fourth-order valence-corrected chi connectivity index (χ4v) is 3.05. The molecule has 0 amide bonds. The molecule has 0 unspecified atom stereocenters. The molecule has 0 aliphatic carbocycles. The fraction of sp³-hybridized carbons (Fsp3) is 0.294. The van der Waals surface area contributed by atoms with Gasteiger partial charge in [-0.2, -0.15) is 0 Å². The van der Waals surface area contributed by atoms with Crippen molar-refractivity contribution in [3.8, 4) is 0 Å². The Balaban J connectivity index is 0.000000204. The van der Waals surface area contributed by atoms with Gasteiger partial charge in [0.05, 0.1) is 0 Å². The van der Waals surface area contributed by atoms with Gasteiger partial charge < -0.3 is 0 Å². The summed E-state index contributed by atoms with van der Waals surface area (Å²) < 4.78 is 1.16. The fourth-order valence-electron chi connectivity index (χ4n) is 1.71. The Labute approximate surface area is 143 Å². The normalized spacial score (nSPS) is 9.80. The molecule has 0 spiro atoms. The van der Waals surface area contributed by atoms with Gasteiger partial charge in [-0.3, -0.25) is 0 Å². The number of alkyl halides is 2. The summed E-state index contributed by atoms with van der Waals surface area (Å²) in [7, 11) is 0. The number of benzene rings is 2. The summed E-state index contributed by atoms with van der Waals surface area (Å²) in [6.45, 7) is 2.14. The van der Waals surface area contributed by atoms with Crippen molar-refractivity contribution < 1.29 is 0 Å². The van der Waals surface area contributed by atoms with Crippen molar-refractivity contribution >= 4 is 43.5 Å². The van der Waals surface area contributed by atoms with Crippen molar-refractivity contribution in [2.75, 3.05) is 5.33 Å². The van der Waals surface area contributed by atoms with Crippen LogP contribution in [-0.4, -0.2) is 5.33 Å². The van der Waals surface area contributed by atoms with E-state index in [9.17, 15) is 0 Å². The standard InChI is InChI=1S/C9H10BrCl.C8H9Br/c1-2-8-4-3-7(6-11)5-9(8)10;9-7-6-8-4-2-1-3-5-8/h3-5H,2,6H2,1H3;1-5H,6-7H2. The van der Waals surface area contributed by atoms with E-state index in [1.165, 1.54) is 11.1 Å². The predicted octanol–water partition coefficient (Wildman–Crippen LogP) is 6.37. The highest BCUT2D eigenvalue weighted by Crippen LogP contribution is 2.19. The lowest BCUT2D eigenvalue weighted by Gasteiger charge is -2.02. The van der Waals surface area contributed by atoms with E-state index in [4.69, 9.17) is 11.6 Å². The van der Waals surface area contributed by atoms with Gasteiger partial charge in [0.15, 0.2) is 0 Å². The Bertz CT molecular complexity index is 498. The number of aryl methyl sites for hydroxylation is 2. The van der Waals surface area contributed by atoms with E-state index in [1.807, 2.05) is 6.07 Å². The summed E-state index contributed by atoms with van der Waals surface area (Å²) in [5, 5.41) is 1.05. The molecule has 0 heterocycles. The van der Waals surface area contributed by atoms with Gasteiger partial charge in [-0.15, -0.1) is 11.6 Å². The maximum atomic E-state index is 5.67. The van der Waals surface area contributed by atoms with E-state index in [0.717, 1.165) is 28.2 Å². The van der Waals surface area contributed by atoms with Gasteiger partial charge >= 0.3 is 0 Å². The minimum atomic E-state index is 0.586. The second-order valence-electron chi connectivity index (χ2n) is 4.34. The SMILES string of the molecule is BrCCc1ccccc1.CCc1ccc(CCl)cc1Br. The molecule has 3 heteroatoms. The first-order valence-corrected chi connectivity index (χ1v) is 9.09. The van der Waals surface area contributed by atoms with Gasteiger partial charge in [0.1, 0.15) is 0 Å². The molecular weight excluding hydrogens is 399 g/mol. The van der Waals surface area contributed by atoms with Crippen LogP contribution in [-0.2, 0) is 18.7 Å². The first-order valence-electron chi connectivity index (χ1n) is 6.64. The number of halogens is 3. The first kappa shape index (κ1) is 17.7. The molecule has 0 aromatic heterocycles. The van der Waals surface area contributed by atoms with Crippen molar-refractivity contribution in [1.29, 1.82) is 0 Å². The van der Waals surface area contributed by atoms with Crippen LogP contribution in [0.1, 0.15) is 23.6 Å². The molecule has 108 valence electrons. The van der Waals surface area contributed by atoms with Gasteiger partial charge in [-0.25, -0.2) is 0 Å². The maximum absolute atomic E-state index is 5.67. The highest BCUT2D eigenvalue weighted by Gasteiger charge is 1.97. The molecule has 0 bridgehead atoms. The maximum Gasteiger partial charge on any atom is 0.0474 e. The van der Waals surface area contributed by atoms with Crippen LogP contribution < -0.4 is 0 Å². The molecule has 2 aromatic rings. The van der Waals surface area contributed by atoms with Crippen LogP contribution in [0.2, 0.25) is 0 Å². The van der Waals surface area contributed by atoms with Gasteiger partial charge in [-0.1, -0.05) is 81.2 Å². The molecule has 0 N–H and O–H groups in total. The van der Waals surface area contributed by atoms with Crippen molar-refractivity contribution in [2.45, 2.75) is 25.6 Å². The topological polar surface area (TPSA) is 0 Å². The molecule has 0 saturated heterocycles. The summed E-state index contributed by atoms with van der Waals surface area (Å²) in [4.78, 5) is 0. The van der Waals surface area contributed by atoms with Gasteiger partial charge in [-0.05, 0) is 35.6 Å². The Kier molecular flexibility index (Phi) is 9.24. The zero-order valence-electron chi connectivity index (χ0n) is 11.6. The van der Waals surface area contributed by atoms with Crippen LogP contribution >= 0.6 is 43.5 Å². The van der Waals surface area contributed by atoms with Crippen LogP contribution in [0.15, 0.2) is 53.0 Å². The van der Waals surface area contributed by atoms with Crippen molar-refractivity contribution in [3.63, 3.8) is 0 Å². The highest BCUT2D eigenvalue weighted by atomic mass is 79.9. The van der Waals surface area contributed by atoms with Crippen LogP contribution in [0.3, 0.4) is 0 Å². The Morgan fingerprint density at radius 3 is 2.20 bits per heavy atom. The van der Waals surface area contributed by atoms with Gasteiger partial charge in [0.2, 0.25) is 0 Å². The molecule has 2 aromatic carbocycles. The lowest BCUT2D eigenvalue weighted by molar-refractivity contribution is 1.12. The number of hydrogen-bond donors (Lipinski definition) is 0. The minimum absolute atomic E-state index is 0.586. The quantitative estimate of drug-likeness (QED) is 0.506. The predicted molar refractivity (Wildman–Crippen MR) is 97.0 cm³/mol. The molecule has 0 fully saturated rings. The monoisotopic (exact) mass is 416 g/mol. The van der Waals surface area contributed by atoms with Crippen LogP contribution in [0.4, 0.5) is 0 Å². The van der Waals surface area contributed by atoms with E-state index in [2.05, 4.69) is 81.2 Å². The molecule has 0 saturated carbocycles. The average Bonchev–Trinajstić information content (AvgIpc) is 2.49. The Hall–Kier alpha value is -0.310. The molecule has 0 aliphatic heterocycles. The largest absolute Gasteiger partial charge is 0.122 e. The molecule has 0 nitrogen and oxygen atoms in total. The summed E-state index contributed by atoms with van der Waals surface area (Å²) in [6.07, 6.45) is 2.18. The van der Waals surface area contributed by atoms with Crippen molar-refractivity contribution in [2.24, 2.45) is 0 Å². The molecule has 0 radical (unpaired) electrons. The van der Waals surface area contributed by atoms with E-state index < -0.39 is 0 Å². The van der Waals surface area contributed by atoms with Gasteiger partial charge in [0, 0.05) is 15.7 Å². The van der Waals surface area contributed by atoms with Crippen LogP contribution in [0.25, 0.3) is 0 Å². The van der Waals surface area contributed by atoms with Gasteiger partial charge in [0.25, 0.3) is 0 Å². The Morgan fingerprint density at radius 2 is 1.70 bits per heavy atom. The molecule has 20 heavy (non-hydrogen) atoms. The minimum Gasteiger partial charge on any atom is -0.122 e. The zero-order chi connectivity index (χ0) is 14.8. The second-order valence-corrected chi connectivity index (χ2v) is 6.25. The average molecular weight is 419 g/mol. The van der Waals surface area contributed by atoms with Crippen molar-refractivity contribution in [3.05, 3.63) is 69.7 Å². The second kappa shape index (κ2) is 10.4. The Morgan fingerprint density at radius 1 is 1.00 bits per heavy atom. The van der Waals surface area contributed by atoms with Crippen molar-refractivity contribution in [1.82, 2.24) is 0 Å².